The SMILES string of the molecule is COc1cc(NC(=O)CC(C)=O)c(OC)cc1C. The molecule has 0 radical (unpaired) electrons. The molecule has 5 heteroatoms. The number of carbonyl (C=O) groups excluding carboxylic acids is 2. The summed E-state index contributed by atoms with van der Waals surface area (Å²) in [6.07, 6.45) is -0.153. The number of ether oxygens (including phenoxy) is 2. The number of methoxy groups -OCH3 is 2. The fourth-order valence-electron chi connectivity index (χ4n) is 1.57. The zero-order chi connectivity index (χ0) is 13.7. The van der Waals surface area contributed by atoms with E-state index >= 15 is 0 Å². The Morgan fingerprint density at radius 1 is 1.17 bits per heavy atom. The van der Waals surface area contributed by atoms with Crippen molar-refractivity contribution in [3.8, 4) is 11.5 Å². The number of nitrogens with one attached hydrogen (secondary N) is 1. The molecule has 1 aromatic rings. The predicted octanol–water partition coefficient (Wildman–Crippen LogP) is 1.93. The summed E-state index contributed by atoms with van der Waals surface area (Å²) < 4.78 is 10.4. The lowest BCUT2D eigenvalue weighted by Crippen LogP contribution is -2.15. The van der Waals surface area contributed by atoms with E-state index < -0.39 is 0 Å². The largest absolute Gasteiger partial charge is 0.496 e. The van der Waals surface area contributed by atoms with Crippen LogP contribution >= 0.6 is 0 Å². The zero-order valence-electron chi connectivity index (χ0n) is 11.0. The van der Waals surface area contributed by atoms with Gasteiger partial charge in [-0.05, 0) is 25.5 Å². The van der Waals surface area contributed by atoms with Crippen LogP contribution in [0.2, 0.25) is 0 Å². The molecule has 98 valence electrons. The van der Waals surface area contributed by atoms with Crippen LogP contribution in [-0.4, -0.2) is 25.9 Å². The highest BCUT2D eigenvalue weighted by molar-refractivity contribution is 6.04. The van der Waals surface area contributed by atoms with Gasteiger partial charge in [0.1, 0.15) is 17.3 Å². The fourth-order valence-corrected chi connectivity index (χ4v) is 1.57. The molecule has 0 fully saturated rings. The first-order chi connectivity index (χ1) is 8.47. The Balaban J connectivity index is 2.99. The van der Waals surface area contributed by atoms with Crippen molar-refractivity contribution >= 4 is 17.4 Å². The topological polar surface area (TPSA) is 64.6 Å². The molecule has 1 aromatic carbocycles. The number of hydrogen-bond donors (Lipinski definition) is 1. The standard InChI is InChI=1S/C13H17NO4/c1-8-5-12(18-4)10(7-11(8)17-3)14-13(16)6-9(2)15/h5,7H,6H2,1-4H3,(H,14,16). The second-order valence-corrected chi connectivity index (χ2v) is 3.95. The average Bonchev–Trinajstić information content (AvgIpc) is 2.29. The van der Waals surface area contributed by atoms with Crippen LogP contribution in [0.15, 0.2) is 12.1 Å². The van der Waals surface area contributed by atoms with Crippen molar-refractivity contribution in [1.82, 2.24) is 0 Å². The van der Waals surface area contributed by atoms with Gasteiger partial charge in [0, 0.05) is 6.07 Å². The Kier molecular flexibility index (Phi) is 4.71. The molecule has 0 bridgehead atoms. The van der Waals surface area contributed by atoms with Crippen LogP contribution in [0, 0.1) is 6.92 Å². The minimum atomic E-state index is -0.369. The van der Waals surface area contributed by atoms with Gasteiger partial charge in [-0.25, -0.2) is 0 Å². The van der Waals surface area contributed by atoms with Crippen LogP contribution in [0.3, 0.4) is 0 Å². The van der Waals surface area contributed by atoms with Gasteiger partial charge in [0.25, 0.3) is 0 Å². The lowest BCUT2D eigenvalue weighted by Gasteiger charge is -2.13. The second kappa shape index (κ2) is 6.05. The third-order valence-corrected chi connectivity index (χ3v) is 2.40. The van der Waals surface area contributed by atoms with Crippen LogP contribution in [-0.2, 0) is 9.59 Å². The zero-order valence-corrected chi connectivity index (χ0v) is 11.0. The molecule has 0 aromatic heterocycles. The Labute approximate surface area is 106 Å². The van der Waals surface area contributed by atoms with E-state index in [0.29, 0.717) is 17.2 Å². The van der Waals surface area contributed by atoms with Gasteiger partial charge in [-0.15, -0.1) is 0 Å². The molecule has 1 N–H and O–H groups in total. The summed E-state index contributed by atoms with van der Waals surface area (Å²) in [5.74, 6) is 0.622. The minimum Gasteiger partial charge on any atom is -0.496 e. The van der Waals surface area contributed by atoms with Gasteiger partial charge in [-0.1, -0.05) is 0 Å². The van der Waals surface area contributed by atoms with Gasteiger partial charge in [0.15, 0.2) is 0 Å². The van der Waals surface area contributed by atoms with Crippen LogP contribution in [0.25, 0.3) is 0 Å². The number of benzene rings is 1. The minimum absolute atomic E-state index is 0.153. The summed E-state index contributed by atoms with van der Waals surface area (Å²) in [6, 6.07) is 3.44. The maximum absolute atomic E-state index is 11.5. The Bertz CT molecular complexity index is 468. The van der Waals surface area contributed by atoms with Crippen LogP contribution < -0.4 is 14.8 Å². The lowest BCUT2D eigenvalue weighted by molar-refractivity contribution is -0.124. The number of anilines is 1. The van der Waals surface area contributed by atoms with E-state index in [2.05, 4.69) is 5.32 Å². The van der Waals surface area contributed by atoms with Crippen molar-refractivity contribution < 1.29 is 19.1 Å². The van der Waals surface area contributed by atoms with Gasteiger partial charge in [-0.3, -0.25) is 9.59 Å². The second-order valence-electron chi connectivity index (χ2n) is 3.95. The quantitative estimate of drug-likeness (QED) is 0.812. The summed E-state index contributed by atoms with van der Waals surface area (Å²) in [5, 5.41) is 2.63. The summed E-state index contributed by atoms with van der Waals surface area (Å²) >= 11 is 0. The number of carbonyl (C=O) groups is 2. The molecule has 0 saturated carbocycles. The van der Waals surface area contributed by atoms with E-state index in [1.54, 1.807) is 19.2 Å². The molecule has 0 saturated heterocycles. The molecule has 0 spiro atoms. The smallest absolute Gasteiger partial charge is 0.231 e. The van der Waals surface area contributed by atoms with Crippen molar-refractivity contribution in [1.29, 1.82) is 0 Å². The van der Waals surface area contributed by atoms with Crippen LogP contribution in [0.4, 0.5) is 5.69 Å². The van der Waals surface area contributed by atoms with Gasteiger partial charge >= 0.3 is 0 Å². The van der Waals surface area contributed by atoms with Gasteiger partial charge in [-0.2, -0.15) is 0 Å². The third kappa shape index (κ3) is 3.48. The first kappa shape index (κ1) is 14.0. The van der Waals surface area contributed by atoms with Gasteiger partial charge in [0.2, 0.25) is 5.91 Å². The molecular formula is C13H17NO4. The highest BCUT2D eigenvalue weighted by atomic mass is 16.5. The lowest BCUT2D eigenvalue weighted by atomic mass is 10.1. The van der Waals surface area contributed by atoms with E-state index in [1.165, 1.54) is 14.0 Å². The molecule has 0 aliphatic heterocycles. The normalized spacial score (nSPS) is 9.78. The first-order valence-electron chi connectivity index (χ1n) is 5.49. The molecule has 0 unspecified atom stereocenters. The maximum Gasteiger partial charge on any atom is 0.231 e. The molecule has 1 rings (SSSR count). The Morgan fingerprint density at radius 2 is 1.78 bits per heavy atom. The van der Waals surface area contributed by atoms with E-state index in [-0.39, 0.29) is 18.1 Å². The van der Waals surface area contributed by atoms with E-state index in [4.69, 9.17) is 9.47 Å². The van der Waals surface area contributed by atoms with Crippen molar-refractivity contribution in [2.75, 3.05) is 19.5 Å². The van der Waals surface area contributed by atoms with Crippen molar-refractivity contribution in [2.45, 2.75) is 20.3 Å². The first-order valence-corrected chi connectivity index (χ1v) is 5.49. The van der Waals surface area contributed by atoms with Gasteiger partial charge < -0.3 is 14.8 Å². The maximum atomic E-state index is 11.5. The highest BCUT2D eigenvalue weighted by Gasteiger charge is 2.12. The number of aryl methyl sites for hydroxylation is 1. The number of Topliss-reactive ketones (excluding diaryl/α,β-unsaturated/α-hetero) is 1. The average molecular weight is 251 g/mol. The monoisotopic (exact) mass is 251 g/mol. The van der Waals surface area contributed by atoms with E-state index in [1.807, 2.05) is 6.92 Å². The molecule has 0 aliphatic carbocycles. The van der Waals surface area contributed by atoms with Crippen molar-refractivity contribution in [2.24, 2.45) is 0 Å². The number of ketones is 1. The molecule has 18 heavy (non-hydrogen) atoms. The molecular weight excluding hydrogens is 234 g/mol. The van der Waals surface area contributed by atoms with E-state index in [0.717, 1.165) is 5.56 Å². The van der Waals surface area contributed by atoms with Crippen LogP contribution in [0.1, 0.15) is 18.9 Å². The van der Waals surface area contributed by atoms with Crippen molar-refractivity contribution in [3.63, 3.8) is 0 Å². The van der Waals surface area contributed by atoms with Crippen molar-refractivity contribution in [3.05, 3.63) is 17.7 Å². The summed E-state index contributed by atoms with van der Waals surface area (Å²) in [4.78, 5) is 22.4. The summed E-state index contributed by atoms with van der Waals surface area (Å²) in [7, 11) is 3.07. The summed E-state index contributed by atoms with van der Waals surface area (Å²) in [6.45, 7) is 3.25. The number of amides is 1. The molecule has 1 amide bonds. The fraction of sp³-hybridized carbons (Fsp3) is 0.385. The molecule has 5 nitrogen and oxygen atoms in total. The third-order valence-electron chi connectivity index (χ3n) is 2.40. The van der Waals surface area contributed by atoms with Crippen LogP contribution in [0.5, 0.6) is 11.5 Å². The molecule has 0 heterocycles. The highest BCUT2D eigenvalue weighted by Crippen LogP contribution is 2.32. The van der Waals surface area contributed by atoms with E-state index in [9.17, 15) is 9.59 Å². The Morgan fingerprint density at radius 3 is 2.28 bits per heavy atom. The van der Waals surface area contributed by atoms with Gasteiger partial charge in [0.05, 0.1) is 26.3 Å². The molecule has 0 atom stereocenters. The number of rotatable bonds is 5. The molecule has 0 aliphatic rings. The summed E-state index contributed by atoms with van der Waals surface area (Å²) in [5.41, 5.74) is 1.39. The predicted molar refractivity (Wildman–Crippen MR) is 68.2 cm³/mol. The number of hydrogen-bond acceptors (Lipinski definition) is 4. The Hall–Kier alpha value is -2.04.